The number of pyridine rings is 1. The van der Waals surface area contributed by atoms with Crippen LogP contribution in [0.15, 0.2) is 65.3 Å². The Morgan fingerprint density at radius 1 is 1.12 bits per heavy atom. The van der Waals surface area contributed by atoms with Crippen molar-refractivity contribution in [3.05, 3.63) is 80.7 Å². The largest absolute Gasteiger partial charge is 0.351 e. The fraction of sp³-hybridized carbons (Fsp3) is 0.158. The van der Waals surface area contributed by atoms with Gasteiger partial charge in [0.1, 0.15) is 0 Å². The molecule has 2 aromatic heterocycles. The van der Waals surface area contributed by atoms with Gasteiger partial charge in [0.2, 0.25) is 0 Å². The number of aromatic nitrogens is 1. The van der Waals surface area contributed by atoms with Crippen molar-refractivity contribution < 1.29 is 0 Å². The van der Waals surface area contributed by atoms with Crippen LogP contribution < -0.4 is 10.2 Å². The Morgan fingerprint density at radius 3 is 2.56 bits per heavy atom. The van der Waals surface area contributed by atoms with Gasteiger partial charge in [-0.25, -0.2) is 0 Å². The monoisotopic (exact) mass is 429 g/mol. The molecule has 0 spiro atoms. The molecular formula is C19H16BrN3S2. The zero-order chi connectivity index (χ0) is 17.4. The van der Waals surface area contributed by atoms with Crippen molar-refractivity contribution in [3.8, 4) is 0 Å². The first-order valence-electron chi connectivity index (χ1n) is 7.96. The standard InChI is InChI=1S/C19H16BrN3S2/c1-12-5-10-16(25-12)18-17(15-4-2-3-11-21-15)22-19(24)23(18)14-8-6-13(20)7-9-14/h2-11,17-18H,1H3,(H,22,24)/t17-,18-/m0/s1. The van der Waals surface area contributed by atoms with E-state index in [1.807, 2.05) is 41.8 Å². The van der Waals surface area contributed by atoms with E-state index in [4.69, 9.17) is 12.2 Å². The number of hydrogen-bond acceptors (Lipinski definition) is 3. The molecule has 1 aromatic carbocycles. The van der Waals surface area contributed by atoms with Crippen molar-refractivity contribution in [2.45, 2.75) is 19.0 Å². The molecule has 1 aliphatic heterocycles. The van der Waals surface area contributed by atoms with Crippen molar-refractivity contribution in [3.63, 3.8) is 0 Å². The molecule has 6 heteroatoms. The van der Waals surface area contributed by atoms with Gasteiger partial charge in [0.25, 0.3) is 0 Å². The molecule has 25 heavy (non-hydrogen) atoms. The summed E-state index contributed by atoms with van der Waals surface area (Å²) in [4.78, 5) is 9.34. The maximum absolute atomic E-state index is 5.70. The Hall–Kier alpha value is -1.76. The predicted octanol–water partition coefficient (Wildman–Crippen LogP) is 5.39. The summed E-state index contributed by atoms with van der Waals surface area (Å²) < 4.78 is 1.05. The van der Waals surface area contributed by atoms with Crippen LogP contribution in [0.2, 0.25) is 0 Å². The van der Waals surface area contributed by atoms with Crippen molar-refractivity contribution >= 4 is 50.3 Å². The van der Waals surface area contributed by atoms with E-state index in [0.717, 1.165) is 21.0 Å². The zero-order valence-corrected chi connectivity index (χ0v) is 16.7. The average molecular weight is 430 g/mol. The van der Waals surface area contributed by atoms with Crippen LogP contribution in [0.3, 0.4) is 0 Å². The van der Waals surface area contributed by atoms with Crippen molar-refractivity contribution in [1.82, 2.24) is 10.3 Å². The lowest BCUT2D eigenvalue weighted by Crippen LogP contribution is -2.28. The average Bonchev–Trinajstić information content (AvgIpc) is 3.20. The molecule has 0 bridgehead atoms. The van der Waals surface area contributed by atoms with Crippen molar-refractivity contribution in [2.75, 3.05) is 4.90 Å². The number of nitrogens with zero attached hydrogens (tertiary/aromatic N) is 2. The van der Waals surface area contributed by atoms with Crippen LogP contribution in [0.5, 0.6) is 0 Å². The number of aryl methyl sites for hydroxylation is 1. The Balaban J connectivity index is 1.81. The molecule has 0 aliphatic carbocycles. The minimum atomic E-state index is 0.0235. The quantitative estimate of drug-likeness (QED) is 0.564. The third-order valence-corrected chi connectivity index (χ3v) is 6.17. The second-order valence-electron chi connectivity index (χ2n) is 5.92. The number of rotatable bonds is 3. The fourth-order valence-corrected chi connectivity index (χ4v) is 4.75. The van der Waals surface area contributed by atoms with Gasteiger partial charge in [-0.2, -0.15) is 0 Å². The van der Waals surface area contributed by atoms with Crippen LogP contribution in [0.4, 0.5) is 5.69 Å². The summed E-state index contributed by atoms with van der Waals surface area (Å²) in [7, 11) is 0. The number of benzene rings is 1. The van der Waals surface area contributed by atoms with Crippen LogP contribution in [0.25, 0.3) is 0 Å². The van der Waals surface area contributed by atoms with Gasteiger partial charge in [-0.1, -0.05) is 22.0 Å². The van der Waals surface area contributed by atoms with Gasteiger partial charge in [-0.3, -0.25) is 4.98 Å². The van der Waals surface area contributed by atoms with Crippen LogP contribution in [-0.4, -0.2) is 10.1 Å². The Kier molecular flexibility index (Phi) is 4.58. The molecule has 1 N–H and O–H groups in total. The molecule has 1 saturated heterocycles. The number of anilines is 1. The number of thiocarbonyl (C=S) groups is 1. The summed E-state index contributed by atoms with van der Waals surface area (Å²) >= 11 is 11.0. The first-order chi connectivity index (χ1) is 12.1. The highest BCUT2D eigenvalue weighted by Gasteiger charge is 2.41. The second kappa shape index (κ2) is 6.86. The SMILES string of the molecule is Cc1ccc([C@H]2[C@H](c3ccccn3)NC(=S)N2c2ccc(Br)cc2)s1. The Morgan fingerprint density at radius 2 is 1.92 bits per heavy atom. The predicted molar refractivity (Wildman–Crippen MR) is 111 cm³/mol. The minimum Gasteiger partial charge on any atom is -0.351 e. The van der Waals surface area contributed by atoms with Gasteiger partial charge in [-0.05, 0) is 67.7 Å². The lowest BCUT2D eigenvalue weighted by Gasteiger charge is -2.27. The Bertz CT molecular complexity index is 893. The molecule has 0 unspecified atom stereocenters. The lowest BCUT2D eigenvalue weighted by atomic mass is 10.0. The summed E-state index contributed by atoms with van der Waals surface area (Å²) in [5, 5.41) is 4.21. The number of hydrogen-bond donors (Lipinski definition) is 1. The molecule has 3 aromatic rings. The van der Waals surface area contributed by atoms with E-state index in [-0.39, 0.29) is 12.1 Å². The first-order valence-corrected chi connectivity index (χ1v) is 9.98. The minimum absolute atomic E-state index is 0.0235. The highest BCUT2D eigenvalue weighted by molar-refractivity contribution is 9.10. The highest BCUT2D eigenvalue weighted by Crippen LogP contribution is 2.43. The Labute approximate surface area is 164 Å². The lowest BCUT2D eigenvalue weighted by molar-refractivity contribution is 0.575. The third kappa shape index (κ3) is 3.21. The number of nitrogens with one attached hydrogen (secondary N) is 1. The third-order valence-electron chi connectivity index (χ3n) is 4.26. The molecule has 1 fully saturated rings. The summed E-state index contributed by atoms with van der Waals surface area (Å²) in [6.07, 6.45) is 1.83. The smallest absolute Gasteiger partial charge is 0.174 e. The zero-order valence-electron chi connectivity index (χ0n) is 13.5. The van der Waals surface area contributed by atoms with E-state index in [0.29, 0.717) is 0 Å². The molecular weight excluding hydrogens is 414 g/mol. The van der Waals surface area contributed by atoms with E-state index >= 15 is 0 Å². The normalized spacial score (nSPS) is 19.9. The molecule has 1 aliphatic rings. The second-order valence-corrected chi connectivity index (χ2v) is 8.54. The van der Waals surface area contributed by atoms with E-state index in [9.17, 15) is 0 Å². The molecule has 0 amide bonds. The van der Waals surface area contributed by atoms with Crippen LogP contribution >= 0.6 is 39.5 Å². The highest BCUT2D eigenvalue weighted by atomic mass is 79.9. The van der Waals surface area contributed by atoms with E-state index < -0.39 is 0 Å². The van der Waals surface area contributed by atoms with Gasteiger partial charge in [0.15, 0.2) is 5.11 Å². The van der Waals surface area contributed by atoms with E-state index in [1.165, 1.54) is 9.75 Å². The maximum atomic E-state index is 5.70. The summed E-state index contributed by atoms with van der Waals surface area (Å²) in [5.74, 6) is 0. The van der Waals surface area contributed by atoms with Crippen LogP contribution in [0, 0.1) is 6.92 Å². The number of thiophene rings is 1. The van der Waals surface area contributed by atoms with Crippen LogP contribution in [0.1, 0.15) is 27.5 Å². The van der Waals surface area contributed by atoms with Gasteiger partial charge in [0, 0.05) is 26.1 Å². The summed E-state index contributed by atoms with van der Waals surface area (Å²) in [6, 6.07) is 18.7. The topological polar surface area (TPSA) is 28.2 Å². The summed E-state index contributed by atoms with van der Waals surface area (Å²) in [6.45, 7) is 2.13. The van der Waals surface area contributed by atoms with Gasteiger partial charge >= 0.3 is 0 Å². The van der Waals surface area contributed by atoms with Gasteiger partial charge in [-0.15, -0.1) is 11.3 Å². The fourth-order valence-electron chi connectivity index (χ4n) is 3.14. The first kappa shape index (κ1) is 16.7. The molecule has 3 heterocycles. The van der Waals surface area contributed by atoms with Crippen molar-refractivity contribution in [1.29, 1.82) is 0 Å². The van der Waals surface area contributed by atoms with Crippen LogP contribution in [-0.2, 0) is 0 Å². The molecule has 0 saturated carbocycles. The summed E-state index contributed by atoms with van der Waals surface area (Å²) in [5.41, 5.74) is 2.08. The van der Waals surface area contributed by atoms with Gasteiger partial charge in [0.05, 0.1) is 17.8 Å². The van der Waals surface area contributed by atoms with Gasteiger partial charge < -0.3 is 10.2 Å². The molecule has 2 atom stereocenters. The molecule has 126 valence electrons. The molecule has 3 nitrogen and oxygen atoms in total. The molecule has 4 rings (SSSR count). The number of halogens is 1. The van der Waals surface area contributed by atoms with Crippen molar-refractivity contribution in [2.24, 2.45) is 0 Å². The molecule has 0 radical (unpaired) electrons. The van der Waals surface area contributed by atoms with E-state index in [2.05, 4.69) is 68.4 Å². The van der Waals surface area contributed by atoms with E-state index in [1.54, 1.807) is 0 Å². The maximum Gasteiger partial charge on any atom is 0.174 e.